The first-order valence-electron chi connectivity index (χ1n) is 17.8. The molecule has 0 saturated carbocycles. The van der Waals surface area contributed by atoms with E-state index in [4.69, 9.17) is 21.5 Å². The van der Waals surface area contributed by atoms with Crippen molar-refractivity contribution in [3.63, 3.8) is 0 Å². The van der Waals surface area contributed by atoms with Crippen molar-refractivity contribution < 1.29 is 27.5 Å². The lowest BCUT2D eigenvalue weighted by Crippen LogP contribution is -2.52. The van der Waals surface area contributed by atoms with E-state index in [2.05, 4.69) is 15.5 Å². The minimum atomic E-state index is -3.68. The fourth-order valence-corrected chi connectivity index (χ4v) is 9.29. The lowest BCUT2D eigenvalue weighted by Gasteiger charge is -2.40. The number of urea groups is 1. The molecule has 0 spiro atoms. The predicted octanol–water partition coefficient (Wildman–Crippen LogP) is 3.97. The molecular formula is C35H45ClN8O6S. The minimum absolute atomic E-state index is 0.0159. The summed E-state index contributed by atoms with van der Waals surface area (Å²) in [6.45, 7) is 3.31. The zero-order valence-corrected chi connectivity index (χ0v) is 30.1. The molecule has 0 unspecified atom stereocenters. The number of benzene rings is 2. The van der Waals surface area contributed by atoms with Gasteiger partial charge in [0.05, 0.1) is 16.7 Å². The van der Waals surface area contributed by atoms with Gasteiger partial charge in [-0.05, 0) is 86.1 Å². The number of ether oxygens (including phenoxy) is 1. The molecule has 51 heavy (non-hydrogen) atoms. The van der Waals surface area contributed by atoms with Crippen molar-refractivity contribution in [3.8, 4) is 0 Å². The van der Waals surface area contributed by atoms with E-state index in [1.54, 1.807) is 22.1 Å². The molecule has 4 amide bonds. The largest absolute Gasteiger partial charge is 0.436 e. The Bertz CT molecular complexity index is 1870. The first-order chi connectivity index (χ1) is 24.5. The van der Waals surface area contributed by atoms with Gasteiger partial charge < -0.3 is 24.8 Å². The molecule has 14 nitrogen and oxygen atoms in total. The van der Waals surface area contributed by atoms with Crippen LogP contribution in [0.1, 0.15) is 49.7 Å². The van der Waals surface area contributed by atoms with Crippen molar-refractivity contribution >= 4 is 56.4 Å². The van der Waals surface area contributed by atoms with Gasteiger partial charge in [-0.25, -0.2) is 14.7 Å². The first-order valence-corrected chi connectivity index (χ1v) is 19.7. The lowest BCUT2D eigenvalue weighted by molar-refractivity contribution is -0.142. The van der Waals surface area contributed by atoms with E-state index in [-0.39, 0.29) is 24.4 Å². The number of anilines is 1. The van der Waals surface area contributed by atoms with Crippen LogP contribution < -0.4 is 10.5 Å². The first kappa shape index (κ1) is 35.5. The number of likely N-dealkylation sites (tertiary alicyclic amines) is 2. The van der Waals surface area contributed by atoms with Crippen LogP contribution in [0.5, 0.6) is 0 Å². The normalized spacial score (nSPS) is 20.9. The van der Waals surface area contributed by atoms with Gasteiger partial charge in [-0.2, -0.15) is 17.8 Å². The van der Waals surface area contributed by atoms with E-state index in [0.717, 1.165) is 54.3 Å². The monoisotopic (exact) mass is 740 g/mol. The third-order valence-electron chi connectivity index (χ3n) is 11.2. The van der Waals surface area contributed by atoms with Gasteiger partial charge in [0.25, 0.3) is 16.1 Å². The number of hydrogen-bond donors (Lipinski definition) is 3. The number of fused-ring (bicyclic) bond motifs is 2. The molecule has 4 N–H and O–H groups in total. The molecule has 4 aliphatic heterocycles. The van der Waals surface area contributed by atoms with Crippen LogP contribution >= 0.6 is 11.6 Å². The highest BCUT2D eigenvalue weighted by Crippen LogP contribution is 2.34. The Morgan fingerprint density at radius 2 is 1.61 bits per heavy atom. The molecule has 0 radical (unpaired) electrons. The number of nitrogens with two attached hydrogens (primary N) is 1. The van der Waals surface area contributed by atoms with E-state index < -0.39 is 22.4 Å². The summed E-state index contributed by atoms with van der Waals surface area (Å²) in [6, 6.07) is 11.4. The Kier molecular flexibility index (Phi) is 10.4. The fraction of sp³-hybridized carbons (Fsp3) is 0.543. The summed E-state index contributed by atoms with van der Waals surface area (Å²) in [4.78, 5) is 46.2. The van der Waals surface area contributed by atoms with Crippen LogP contribution in [0.4, 0.5) is 15.3 Å². The maximum absolute atomic E-state index is 14.1. The molecule has 3 aromatic rings. The number of piperidine rings is 3. The molecule has 3 saturated heterocycles. The van der Waals surface area contributed by atoms with Gasteiger partial charge in [-0.1, -0.05) is 29.8 Å². The van der Waals surface area contributed by atoms with Crippen LogP contribution in [0.2, 0.25) is 5.02 Å². The zero-order chi connectivity index (χ0) is 35.7. The highest BCUT2D eigenvalue weighted by atomic mass is 35.5. The number of rotatable bonds is 7. The maximum Gasteiger partial charge on any atom is 0.410 e. The summed E-state index contributed by atoms with van der Waals surface area (Å²) in [7, 11) is -3.68. The molecule has 5 heterocycles. The second-order valence-electron chi connectivity index (χ2n) is 14.2. The quantitative estimate of drug-likeness (QED) is 0.329. The summed E-state index contributed by atoms with van der Waals surface area (Å²) >= 11 is 6.53. The zero-order valence-electron chi connectivity index (χ0n) is 28.5. The molecule has 0 aliphatic carbocycles. The van der Waals surface area contributed by atoms with Crippen molar-refractivity contribution in [3.05, 3.63) is 58.7 Å². The Morgan fingerprint density at radius 1 is 0.941 bits per heavy atom. The minimum Gasteiger partial charge on any atom is -0.436 e. The number of amides is 4. The van der Waals surface area contributed by atoms with Gasteiger partial charge in [-0.15, -0.1) is 0 Å². The summed E-state index contributed by atoms with van der Waals surface area (Å²) < 4.78 is 30.9. The highest BCUT2D eigenvalue weighted by Gasteiger charge is 2.37. The second-order valence-corrected chi connectivity index (χ2v) is 16.1. The number of nitrogens with one attached hydrogen (secondary N) is 2. The number of halogens is 1. The molecule has 1 atom stereocenters. The smallest absolute Gasteiger partial charge is 0.410 e. The van der Waals surface area contributed by atoms with Crippen LogP contribution in [0.15, 0.2) is 42.6 Å². The predicted molar refractivity (Wildman–Crippen MR) is 192 cm³/mol. The Hall–Kier alpha value is -3.92. The Morgan fingerprint density at radius 3 is 2.31 bits per heavy atom. The number of carbonyl (C=O) groups excluding carboxylic acids is 3. The molecule has 274 valence electrons. The van der Waals surface area contributed by atoms with Crippen molar-refractivity contribution in [1.29, 1.82) is 0 Å². The van der Waals surface area contributed by atoms with E-state index in [1.807, 2.05) is 35.2 Å². The van der Waals surface area contributed by atoms with E-state index in [9.17, 15) is 22.8 Å². The summed E-state index contributed by atoms with van der Waals surface area (Å²) in [6.07, 6.45) is 5.27. The van der Waals surface area contributed by atoms with Gasteiger partial charge in [0.1, 0.15) is 0 Å². The molecule has 3 fully saturated rings. The maximum atomic E-state index is 14.1. The van der Waals surface area contributed by atoms with Gasteiger partial charge in [0.15, 0.2) is 6.10 Å². The molecule has 4 aliphatic rings. The highest BCUT2D eigenvalue weighted by molar-refractivity contribution is 7.86. The number of aromatic nitrogens is 2. The van der Waals surface area contributed by atoms with Crippen molar-refractivity contribution in [2.24, 2.45) is 17.0 Å². The molecule has 16 heteroatoms. The third-order valence-corrected chi connectivity index (χ3v) is 12.6. The van der Waals surface area contributed by atoms with Gasteiger partial charge in [0, 0.05) is 69.3 Å². The van der Waals surface area contributed by atoms with Gasteiger partial charge >= 0.3 is 12.1 Å². The van der Waals surface area contributed by atoms with Gasteiger partial charge in [0.2, 0.25) is 0 Å². The topological polar surface area (TPSA) is 174 Å². The van der Waals surface area contributed by atoms with Crippen LogP contribution in [-0.2, 0) is 32.6 Å². The number of para-hydroxylation sites is 1. The van der Waals surface area contributed by atoms with E-state index in [0.29, 0.717) is 81.0 Å². The van der Waals surface area contributed by atoms with Crippen molar-refractivity contribution in [1.82, 2.24) is 29.2 Å². The summed E-state index contributed by atoms with van der Waals surface area (Å²) in [5.74, 6) is 0.503. The van der Waals surface area contributed by atoms with Gasteiger partial charge in [-0.3, -0.25) is 9.89 Å². The number of nitrogens with zero attached hydrogens (tertiary/aromatic N) is 5. The summed E-state index contributed by atoms with van der Waals surface area (Å²) in [5, 5.41) is 16.6. The van der Waals surface area contributed by atoms with Crippen LogP contribution in [-0.4, -0.2) is 114 Å². The van der Waals surface area contributed by atoms with Crippen molar-refractivity contribution in [2.75, 3.05) is 51.1 Å². The van der Waals surface area contributed by atoms with E-state index >= 15 is 0 Å². The average molecular weight is 741 g/mol. The SMILES string of the molecule is NS(=O)(=O)N1CCC(C2CCN(C(=O)[C@@H](Cc3cc(Cl)c4[nH]ncc4c3)OC(=O)N3CCC(N4CCc5ccccc5NC4=O)CC3)CC2)CC1. The number of H-pyrrole nitrogens is 1. The second kappa shape index (κ2) is 15.0. The van der Waals surface area contributed by atoms with Crippen LogP contribution in [0.3, 0.4) is 0 Å². The summed E-state index contributed by atoms with van der Waals surface area (Å²) in [5.41, 5.74) is 3.39. The van der Waals surface area contributed by atoms with Crippen LogP contribution in [0.25, 0.3) is 10.9 Å². The fourth-order valence-electron chi connectivity index (χ4n) is 8.27. The molecule has 0 bridgehead atoms. The van der Waals surface area contributed by atoms with E-state index in [1.165, 1.54) is 4.31 Å². The number of aromatic amines is 1. The van der Waals surface area contributed by atoms with Crippen molar-refractivity contribution in [2.45, 2.75) is 63.5 Å². The number of carbonyl (C=O) groups is 3. The average Bonchev–Trinajstić information content (AvgIpc) is 3.54. The molecule has 1 aromatic heterocycles. The molecule has 7 rings (SSSR count). The third kappa shape index (κ3) is 7.96. The Balaban J connectivity index is 0.985. The Labute approximate surface area is 302 Å². The number of hydrogen-bond acceptors (Lipinski definition) is 7. The molecular weight excluding hydrogens is 696 g/mol. The van der Waals surface area contributed by atoms with Crippen LogP contribution in [0, 0.1) is 11.8 Å². The lowest BCUT2D eigenvalue weighted by atomic mass is 9.79. The molecule has 2 aromatic carbocycles. The standard InChI is InChI=1S/C35H45ClN8O6S/c36-29-20-23(19-27-22-38-40-32(27)29)21-31(33(45)41-12-5-24(6-13-41)25-7-16-43(17-8-25)51(37,48)49)50-35(47)42-14-10-28(11-15-42)44-18-9-26-3-1-2-4-30(26)39-34(44)46/h1-4,19-20,22,24-25,28,31H,5-18,21H2,(H,38,40)(H,39,46)(H2,37,48,49)/t31-/m1/s1.